The second-order valence-corrected chi connectivity index (χ2v) is 1.56. The van der Waals surface area contributed by atoms with E-state index in [0.717, 1.165) is 0 Å². The summed E-state index contributed by atoms with van der Waals surface area (Å²) in [5.41, 5.74) is 0.565. The molecule has 0 saturated carbocycles. The van der Waals surface area contributed by atoms with Crippen LogP contribution in [0, 0.1) is 18.4 Å². The van der Waals surface area contributed by atoms with Crippen LogP contribution in [0.25, 0.3) is 0 Å². The van der Waals surface area contributed by atoms with E-state index in [2.05, 4.69) is 15.9 Å². The number of terminal acetylenes is 1. The maximum atomic E-state index is 12.0. The molecule has 2 nitrogen and oxygen atoms in total. The van der Waals surface area contributed by atoms with Gasteiger partial charge >= 0.3 is 0 Å². The molecule has 0 unspecified atom stereocenters. The monoisotopic (exact) mass is 124 g/mol. The number of rotatable bonds is 1. The summed E-state index contributed by atoms with van der Waals surface area (Å²) in [4.78, 5) is 5.72. The summed E-state index contributed by atoms with van der Waals surface area (Å²) in [6.07, 6.45) is 6.19. The van der Waals surface area contributed by atoms with Gasteiger partial charge in [-0.1, -0.05) is 0 Å². The predicted octanol–water partition coefficient (Wildman–Crippen LogP) is 0.724. The van der Waals surface area contributed by atoms with Gasteiger partial charge in [-0.15, -0.1) is 12.3 Å². The fraction of sp³-hybridized carbons (Fsp3) is 0.167. The molecule has 3 heteroatoms. The molecular weight excluding hydrogens is 119 g/mol. The van der Waals surface area contributed by atoms with E-state index in [1.165, 1.54) is 6.20 Å². The van der Waals surface area contributed by atoms with E-state index in [0.29, 0.717) is 12.1 Å². The molecule has 1 aromatic rings. The number of imidazole rings is 1. The van der Waals surface area contributed by atoms with E-state index >= 15 is 0 Å². The molecule has 0 aliphatic heterocycles. The van der Waals surface area contributed by atoms with Crippen LogP contribution in [0.2, 0.25) is 0 Å². The number of aromatic amines is 1. The lowest BCUT2D eigenvalue weighted by Crippen LogP contribution is -1.79. The number of H-pyrrole nitrogens is 1. The van der Waals surface area contributed by atoms with Gasteiger partial charge in [0.1, 0.15) is 0 Å². The molecule has 9 heavy (non-hydrogen) atoms. The van der Waals surface area contributed by atoms with Crippen LogP contribution >= 0.6 is 0 Å². The van der Waals surface area contributed by atoms with Gasteiger partial charge in [0.15, 0.2) is 0 Å². The molecule has 1 N–H and O–H groups in total. The van der Waals surface area contributed by atoms with Crippen LogP contribution in [-0.4, -0.2) is 9.97 Å². The molecule has 0 spiro atoms. The molecular formula is C6H5FN2. The largest absolute Gasteiger partial charge is 0.321 e. The molecule has 46 valence electrons. The van der Waals surface area contributed by atoms with Gasteiger partial charge in [0.25, 0.3) is 6.08 Å². The third-order valence-electron chi connectivity index (χ3n) is 0.883. The van der Waals surface area contributed by atoms with Crippen LogP contribution in [0.5, 0.6) is 0 Å². The Hall–Kier alpha value is -1.30. The van der Waals surface area contributed by atoms with Crippen LogP contribution < -0.4 is 0 Å². The van der Waals surface area contributed by atoms with Gasteiger partial charge in [0, 0.05) is 6.20 Å². The zero-order chi connectivity index (χ0) is 6.69. The minimum atomic E-state index is -0.583. The van der Waals surface area contributed by atoms with Gasteiger partial charge in [-0.3, -0.25) is 0 Å². The van der Waals surface area contributed by atoms with Crippen LogP contribution in [0.3, 0.4) is 0 Å². The highest BCUT2D eigenvalue weighted by Crippen LogP contribution is 1.94. The molecule has 0 bridgehead atoms. The molecule has 1 aromatic heterocycles. The Morgan fingerprint density at radius 3 is 3.11 bits per heavy atom. The quantitative estimate of drug-likeness (QED) is 0.549. The third-order valence-corrected chi connectivity index (χ3v) is 0.883. The van der Waals surface area contributed by atoms with Crippen molar-refractivity contribution >= 4 is 0 Å². The standard InChI is InChI=1S/C6H5FN2/c1-2-3-5-4-8-6(7)9-5/h1,4H,3H2,(H,8,9). The number of hydrogen-bond acceptors (Lipinski definition) is 1. The van der Waals surface area contributed by atoms with Gasteiger partial charge in [-0.2, -0.15) is 4.39 Å². The zero-order valence-corrected chi connectivity index (χ0v) is 4.69. The van der Waals surface area contributed by atoms with Crippen molar-refractivity contribution in [2.45, 2.75) is 6.42 Å². The molecule has 1 rings (SSSR count). The summed E-state index contributed by atoms with van der Waals surface area (Å²) in [7, 11) is 0. The lowest BCUT2D eigenvalue weighted by Gasteiger charge is -1.77. The molecule has 0 amide bonds. The fourth-order valence-corrected chi connectivity index (χ4v) is 0.529. The zero-order valence-electron chi connectivity index (χ0n) is 4.69. The third kappa shape index (κ3) is 1.29. The average Bonchev–Trinajstić information content (AvgIpc) is 2.17. The van der Waals surface area contributed by atoms with Crippen LogP contribution in [0.4, 0.5) is 4.39 Å². The summed E-state index contributed by atoms with van der Waals surface area (Å²) in [6, 6.07) is 0. The van der Waals surface area contributed by atoms with Crippen molar-refractivity contribution in [2.24, 2.45) is 0 Å². The van der Waals surface area contributed by atoms with E-state index in [9.17, 15) is 4.39 Å². The first-order valence-electron chi connectivity index (χ1n) is 2.46. The molecule has 0 aliphatic rings. The average molecular weight is 124 g/mol. The molecule has 0 atom stereocenters. The van der Waals surface area contributed by atoms with Crippen molar-refractivity contribution < 1.29 is 4.39 Å². The Labute approximate surface area is 52.1 Å². The summed E-state index contributed by atoms with van der Waals surface area (Å²) >= 11 is 0. The van der Waals surface area contributed by atoms with E-state index in [-0.39, 0.29) is 0 Å². The van der Waals surface area contributed by atoms with Crippen molar-refractivity contribution in [1.29, 1.82) is 0 Å². The Bertz CT molecular complexity index is 233. The van der Waals surface area contributed by atoms with Gasteiger partial charge in [-0.05, 0) is 0 Å². The molecule has 0 radical (unpaired) electrons. The van der Waals surface area contributed by atoms with E-state index in [1.54, 1.807) is 0 Å². The van der Waals surface area contributed by atoms with Crippen molar-refractivity contribution in [1.82, 2.24) is 9.97 Å². The summed E-state index contributed by atoms with van der Waals surface area (Å²) in [5.74, 6) is 2.35. The fourth-order valence-electron chi connectivity index (χ4n) is 0.529. The Kier molecular flexibility index (Phi) is 1.50. The highest BCUT2D eigenvalue weighted by molar-refractivity contribution is 5.05. The first-order valence-corrected chi connectivity index (χ1v) is 2.46. The highest BCUT2D eigenvalue weighted by Gasteiger charge is 1.94. The number of halogens is 1. The van der Waals surface area contributed by atoms with Crippen molar-refractivity contribution in [3.05, 3.63) is 18.0 Å². The Balaban J connectivity index is 2.76. The van der Waals surface area contributed by atoms with Gasteiger partial charge in [0.2, 0.25) is 0 Å². The molecule has 0 aliphatic carbocycles. The second-order valence-electron chi connectivity index (χ2n) is 1.56. The van der Waals surface area contributed by atoms with Gasteiger partial charge in [-0.25, -0.2) is 4.98 Å². The van der Waals surface area contributed by atoms with E-state index < -0.39 is 6.08 Å². The van der Waals surface area contributed by atoms with Gasteiger partial charge < -0.3 is 4.98 Å². The van der Waals surface area contributed by atoms with Crippen molar-refractivity contribution in [3.63, 3.8) is 0 Å². The predicted molar refractivity (Wildman–Crippen MR) is 31.1 cm³/mol. The maximum Gasteiger partial charge on any atom is 0.286 e. The minimum absolute atomic E-state index is 0.375. The summed E-state index contributed by atoms with van der Waals surface area (Å²) in [6.45, 7) is 0. The van der Waals surface area contributed by atoms with Crippen LogP contribution in [-0.2, 0) is 6.42 Å². The van der Waals surface area contributed by atoms with Crippen LogP contribution in [0.1, 0.15) is 5.69 Å². The molecule has 0 saturated heterocycles. The number of aromatic nitrogens is 2. The lowest BCUT2D eigenvalue weighted by molar-refractivity contribution is 0.550. The number of hydrogen-bond donors (Lipinski definition) is 1. The SMILES string of the molecule is C#CCc1c[nH]c(F)n1. The Morgan fingerprint density at radius 2 is 2.67 bits per heavy atom. The summed E-state index contributed by atoms with van der Waals surface area (Å²) in [5, 5.41) is 0. The Morgan fingerprint density at radius 1 is 1.89 bits per heavy atom. The number of nitrogens with one attached hydrogen (secondary N) is 1. The van der Waals surface area contributed by atoms with E-state index in [1.807, 2.05) is 0 Å². The van der Waals surface area contributed by atoms with E-state index in [4.69, 9.17) is 6.42 Å². The van der Waals surface area contributed by atoms with Crippen molar-refractivity contribution in [2.75, 3.05) is 0 Å². The first kappa shape index (κ1) is 5.83. The van der Waals surface area contributed by atoms with Crippen molar-refractivity contribution in [3.8, 4) is 12.3 Å². The first-order chi connectivity index (χ1) is 4.33. The van der Waals surface area contributed by atoms with Crippen LogP contribution in [0.15, 0.2) is 6.20 Å². The molecule has 0 fully saturated rings. The minimum Gasteiger partial charge on any atom is -0.321 e. The van der Waals surface area contributed by atoms with Gasteiger partial charge in [0.05, 0.1) is 12.1 Å². The second kappa shape index (κ2) is 2.31. The molecule has 0 aromatic carbocycles. The number of nitrogens with zero attached hydrogens (tertiary/aromatic N) is 1. The topological polar surface area (TPSA) is 28.7 Å². The normalized spacial score (nSPS) is 8.89. The maximum absolute atomic E-state index is 12.0. The molecule has 1 heterocycles. The highest BCUT2D eigenvalue weighted by atomic mass is 19.1. The lowest BCUT2D eigenvalue weighted by atomic mass is 10.4. The summed E-state index contributed by atoms with van der Waals surface area (Å²) < 4.78 is 12.0. The smallest absolute Gasteiger partial charge is 0.286 e.